The van der Waals surface area contributed by atoms with Gasteiger partial charge in [-0.1, -0.05) is 19.1 Å². The van der Waals surface area contributed by atoms with Gasteiger partial charge in [0.15, 0.2) is 0 Å². The molecular formula is C16H24N2O3. The molecule has 1 aromatic carbocycles. The van der Waals surface area contributed by atoms with Crippen molar-refractivity contribution in [2.75, 3.05) is 11.9 Å². The number of carbonyl (C=O) groups excluding carboxylic acids is 1. The van der Waals surface area contributed by atoms with Gasteiger partial charge in [0.05, 0.1) is 0 Å². The summed E-state index contributed by atoms with van der Waals surface area (Å²) in [6.45, 7) is 6.35. The van der Waals surface area contributed by atoms with E-state index in [2.05, 4.69) is 12.2 Å². The standard InChI is InChI=1S/C16H24N2O3/c1-4-13-7-9-14(10-8-13)17-16(21)18(12(2)3)11-5-6-15(19)20/h7-10,12H,4-6,11H2,1-3H3,(H,17,21)(H,19,20). The number of carboxylic acids is 1. The molecule has 0 bridgehead atoms. The number of carboxylic acid groups (broad SMARTS) is 1. The first-order chi connectivity index (χ1) is 9.93. The number of hydrogen-bond acceptors (Lipinski definition) is 2. The van der Waals surface area contributed by atoms with E-state index in [1.165, 1.54) is 5.56 Å². The van der Waals surface area contributed by atoms with Gasteiger partial charge in [0.1, 0.15) is 0 Å². The van der Waals surface area contributed by atoms with Gasteiger partial charge >= 0.3 is 12.0 Å². The summed E-state index contributed by atoms with van der Waals surface area (Å²) in [4.78, 5) is 24.5. The number of urea groups is 1. The maximum Gasteiger partial charge on any atom is 0.322 e. The van der Waals surface area contributed by atoms with E-state index in [4.69, 9.17) is 5.11 Å². The van der Waals surface area contributed by atoms with E-state index in [1.807, 2.05) is 38.1 Å². The van der Waals surface area contributed by atoms with Crippen molar-refractivity contribution in [2.24, 2.45) is 0 Å². The molecule has 2 N–H and O–H groups in total. The fraction of sp³-hybridized carbons (Fsp3) is 0.500. The Morgan fingerprint density at radius 1 is 1.24 bits per heavy atom. The van der Waals surface area contributed by atoms with E-state index in [0.29, 0.717) is 13.0 Å². The van der Waals surface area contributed by atoms with Crippen molar-refractivity contribution in [1.82, 2.24) is 4.90 Å². The Balaban J connectivity index is 2.60. The zero-order valence-electron chi connectivity index (χ0n) is 12.9. The van der Waals surface area contributed by atoms with Crippen LogP contribution >= 0.6 is 0 Å². The summed E-state index contributed by atoms with van der Waals surface area (Å²) in [6.07, 6.45) is 1.49. The van der Waals surface area contributed by atoms with Crippen LogP contribution in [0.2, 0.25) is 0 Å². The van der Waals surface area contributed by atoms with E-state index >= 15 is 0 Å². The predicted octanol–water partition coefficient (Wildman–Crippen LogP) is 3.36. The predicted molar refractivity (Wildman–Crippen MR) is 83.6 cm³/mol. The molecule has 0 saturated heterocycles. The molecular weight excluding hydrogens is 268 g/mol. The van der Waals surface area contributed by atoms with Crippen molar-refractivity contribution in [1.29, 1.82) is 0 Å². The molecule has 0 atom stereocenters. The highest BCUT2D eigenvalue weighted by molar-refractivity contribution is 5.89. The summed E-state index contributed by atoms with van der Waals surface area (Å²) >= 11 is 0. The first-order valence-electron chi connectivity index (χ1n) is 7.32. The number of nitrogens with one attached hydrogen (secondary N) is 1. The summed E-state index contributed by atoms with van der Waals surface area (Å²) < 4.78 is 0. The van der Waals surface area contributed by atoms with Crippen LogP contribution in [0, 0.1) is 0 Å². The summed E-state index contributed by atoms with van der Waals surface area (Å²) in [5, 5.41) is 11.5. The van der Waals surface area contributed by atoms with Crippen molar-refractivity contribution in [2.45, 2.75) is 46.1 Å². The molecule has 5 heteroatoms. The van der Waals surface area contributed by atoms with Crippen molar-refractivity contribution >= 4 is 17.7 Å². The lowest BCUT2D eigenvalue weighted by molar-refractivity contribution is -0.137. The lowest BCUT2D eigenvalue weighted by Crippen LogP contribution is -2.40. The van der Waals surface area contributed by atoms with E-state index < -0.39 is 5.97 Å². The van der Waals surface area contributed by atoms with Gasteiger partial charge in [-0.05, 0) is 44.4 Å². The fourth-order valence-corrected chi connectivity index (χ4v) is 2.01. The molecule has 0 spiro atoms. The van der Waals surface area contributed by atoms with Gasteiger partial charge in [0.2, 0.25) is 0 Å². The quantitative estimate of drug-likeness (QED) is 0.809. The van der Waals surface area contributed by atoms with Gasteiger partial charge in [0.25, 0.3) is 0 Å². The van der Waals surface area contributed by atoms with Crippen molar-refractivity contribution < 1.29 is 14.7 Å². The number of carbonyl (C=O) groups is 2. The number of nitrogens with zero attached hydrogens (tertiary/aromatic N) is 1. The number of amides is 2. The Hall–Kier alpha value is -2.04. The normalized spacial score (nSPS) is 10.5. The Kier molecular flexibility index (Phi) is 6.72. The first kappa shape index (κ1) is 17.0. The highest BCUT2D eigenvalue weighted by Crippen LogP contribution is 2.12. The Labute approximate surface area is 126 Å². The van der Waals surface area contributed by atoms with E-state index in [9.17, 15) is 9.59 Å². The number of aryl methyl sites for hydroxylation is 1. The maximum absolute atomic E-state index is 12.3. The summed E-state index contributed by atoms with van der Waals surface area (Å²) in [7, 11) is 0. The third kappa shape index (κ3) is 5.85. The van der Waals surface area contributed by atoms with Crippen LogP contribution < -0.4 is 5.32 Å². The Morgan fingerprint density at radius 3 is 2.33 bits per heavy atom. The van der Waals surface area contributed by atoms with Crippen molar-refractivity contribution in [3.8, 4) is 0 Å². The van der Waals surface area contributed by atoms with Crippen LogP contribution in [0.3, 0.4) is 0 Å². The van der Waals surface area contributed by atoms with Gasteiger partial charge in [-0.15, -0.1) is 0 Å². The molecule has 0 fully saturated rings. The molecule has 0 aromatic heterocycles. The third-order valence-corrected chi connectivity index (χ3v) is 3.29. The Morgan fingerprint density at radius 2 is 1.86 bits per heavy atom. The zero-order valence-corrected chi connectivity index (χ0v) is 12.9. The van der Waals surface area contributed by atoms with Gasteiger partial charge in [-0.3, -0.25) is 4.79 Å². The minimum Gasteiger partial charge on any atom is -0.481 e. The summed E-state index contributed by atoms with van der Waals surface area (Å²) in [5.74, 6) is -0.839. The van der Waals surface area contributed by atoms with Crippen molar-refractivity contribution in [3.05, 3.63) is 29.8 Å². The van der Waals surface area contributed by atoms with Crippen LogP contribution in [0.5, 0.6) is 0 Å². The monoisotopic (exact) mass is 292 g/mol. The Bertz CT molecular complexity index is 469. The lowest BCUT2D eigenvalue weighted by atomic mass is 10.1. The summed E-state index contributed by atoms with van der Waals surface area (Å²) in [6, 6.07) is 7.56. The van der Waals surface area contributed by atoms with E-state index in [0.717, 1.165) is 12.1 Å². The van der Waals surface area contributed by atoms with Crippen LogP contribution in [-0.4, -0.2) is 34.6 Å². The highest BCUT2D eigenvalue weighted by atomic mass is 16.4. The number of aliphatic carboxylic acids is 1. The topological polar surface area (TPSA) is 69.6 Å². The molecule has 0 aliphatic rings. The minimum atomic E-state index is -0.839. The average molecular weight is 292 g/mol. The molecule has 0 heterocycles. The maximum atomic E-state index is 12.3. The fourth-order valence-electron chi connectivity index (χ4n) is 2.01. The van der Waals surface area contributed by atoms with E-state index in [-0.39, 0.29) is 18.5 Å². The zero-order chi connectivity index (χ0) is 15.8. The second-order valence-corrected chi connectivity index (χ2v) is 5.27. The van der Waals surface area contributed by atoms with Crippen molar-refractivity contribution in [3.63, 3.8) is 0 Å². The smallest absolute Gasteiger partial charge is 0.322 e. The van der Waals surface area contributed by atoms with Crippen LogP contribution in [0.4, 0.5) is 10.5 Å². The molecule has 21 heavy (non-hydrogen) atoms. The minimum absolute atomic E-state index is 0.0220. The highest BCUT2D eigenvalue weighted by Gasteiger charge is 2.17. The van der Waals surface area contributed by atoms with Gasteiger partial charge in [-0.25, -0.2) is 4.79 Å². The SMILES string of the molecule is CCc1ccc(NC(=O)N(CCCC(=O)O)C(C)C)cc1. The molecule has 0 radical (unpaired) electrons. The molecule has 1 aromatic rings. The number of anilines is 1. The number of hydrogen-bond donors (Lipinski definition) is 2. The largest absolute Gasteiger partial charge is 0.481 e. The van der Waals surface area contributed by atoms with E-state index in [1.54, 1.807) is 4.90 Å². The van der Waals surface area contributed by atoms with Gasteiger partial charge in [0, 0.05) is 24.7 Å². The molecule has 5 nitrogen and oxygen atoms in total. The van der Waals surface area contributed by atoms with Crippen LogP contribution in [0.25, 0.3) is 0 Å². The third-order valence-electron chi connectivity index (χ3n) is 3.29. The molecule has 116 valence electrons. The number of rotatable bonds is 7. The van der Waals surface area contributed by atoms with Crippen LogP contribution in [0.1, 0.15) is 39.2 Å². The molecule has 0 aliphatic heterocycles. The number of benzene rings is 1. The molecule has 1 rings (SSSR count). The second kappa shape index (κ2) is 8.29. The summed E-state index contributed by atoms with van der Waals surface area (Å²) in [5.41, 5.74) is 1.97. The lowest BCUT2D eigenvalue weighted by Gasteiger charge is -2.26. The first-order valence-corrected chi connectivity index (χ1v) is 7.32. The van der Waals surface area contributed by atoms with Crippen LogP contribution in [-0.2, 0) is 11.2 Å². The average Bonchev–Trinajstić information content (AvgIpc) is 2.43. The molecule has 0 aliphatic carbocycles. The molecule has 0 saturated carbocycles. The molecule has 2 amide bonds. The van der Waals surface area contributed by atoms with Gasteiger partial charge < -0.3 is 15.3 Å². The molecule has 0 unspecified atom stereocenters. The van der Waals surface area contributed by atoms with Gasteiger partial charge in [-0.2, -0.15) is 0 Å². The second-order valence-electron chi connectivity index (χ2n) is 5.27. The van der Waals surface area contributed by atoms with Crippen LogP contribution in [0.15, 0.2) is 24.3 Å².